The van der Waals surface area contributed by atoms with E-state index in [1.165, 1.54) is 12.5 Å². The van der Waals surface area contributed by atoms with Gasteiger partial charge in [0.05, 0.1) is 0 Å². The van der Waals surface area contributed by atoms with Crippen molar-refractivity contribution < 1.29 is 4.39 Å². The first-order chi connectivity index (χ1) is 8.05. The van der Waals surface area contributed by atoms with E-state index in [2.05, 4.69) is 35.1 Å². The molecule has 96 valence electrons. The maximum absolute atomic E-state index is 13.3. The summed E-state index contributed by atoms with van der Waals surface area (Å²) >= 11 is 3.33. The lowest BCUT2D eigenvalue weighted by Gasteiger charge is -2.20. The average molecular weight is 302 g/mol. The Bertz CT molecular complexity index is 334. The van der Waals surface area contributed by atoms with Crippen LogP contribution in [0.4, 0.5) is 4.39 Å². The molecule has 0 radical (unpaired) electrons. The van der Waals surface area contributed by atoms with E-state index in [4.69, 9.17) is 0 Å². The molecule has 1 aromatic carbocycles. The third-order valence-corrected chi connectivity index (χ3v) is 3.65. The first kappa shape index (κ1) is 14.7. The first-order valence-corrected chi connectivity index (χ1v) is 6.96. The molecule has 0 spiro atoms. The second-order valence-electron chi connectivity index (χ2n) is 4.72. The van der Waals surface area contributed by atoms with Gasteiger partial charge in [0.1, 0.15) is 5.82 Å². The molecular formula is C14H21BrFN. The lowest BCUT2D eigenvalue weighted by Crippen LogP contribution is -2.29. The van der Waals surface area contributed by atoms with Crippen LogP contribution in [0.25, 0.3) is 0 Å². The average Bonchev–Trinajstić information content (AvgIpc) is 2.26. The molecule has 0 heterocycles. The molecule has 0 saturated heterocycles. The molecule has 3 heteroatoms. The molecule has 0 saturated carbocycles. The second kappa shape index (κ2) is 7.12. The summed E-state index contributed by atoms with van der Waals surface area (Å²) in [4.78, 5) is 0. The maximum Gasteiger partial charge on any atom is 0.124 e. The molecule has 0 aromatic heterocycles. The van der Waals surface area contributed by atoms with Gasteiger partial charge in [-0.1, -0.05) is 36.2 Å². The highest BCUT2D eigenvalue weighted by Gasteiger charge is 2.12. The van der Waals surface area contributed by atoms with Gasteiger partial charge in [0.15, 0.2) is 0 Å². The van der Waals surface area contributed by atoms with Gasteiger partial charge in [-0.15, -0.1) is 0 Å². The summed E-state index contributed by atoms with van der Waals surface area (Å²) < 4.78 is 14.1. The van der Waals surface area contributed by atoms with Crippen molar-refractivity contribution in [2.24, 2.45) is 5.92 Å². The summed E-state index contributed by atoms with van der Waals surface area (Å²) in [6.45, 7) is 4.46. The van der Waals surface area contributed by atoms with Crippen LogP contribution in [0.15, 0.2) is 22.7 Å². The van der Waals surface area contributed by atoms with Crippen molar-refractivity contribution in [1.29, 1.82) is 0 Å². The van der Waals surface area contributed by atoms with E-state index in [9.17, 15) is 4.39 Å². The monoisotopic (exact) mass is 301 g/mol. The van der Waals surface area contributed by atoms with Crippen LogP contribution in [0.3, 0.4) is 0 Å². The van der Waals surface area contributed by atoms with Gasteiger partial charge >= 0.3 is 0 Å². The minimum absolute atomic E-state index is 0.173. The summed E-state index contributed by atoms with van der Waals surface area (Å²) in [6, 6.07) is 5.51. The van der Waals surface area contributed by atoms with Crippen molar-refractivity contribution >= 4 is 15.9 Å². The number of hydrogen-bond donors (Lipinski definition) is 1. The largest absolute Gasteiger partial charge is 0.317 e. The number of hydrogen-bond acceptors (Lipinski definition) is 1. The summed E-state index contributed by atoms with van der Waals surface area (Å²) in [5.41, 5.74) is 1.04. The molecule has 1 nitrogen and oxygen atoms in total. The summed E-state index contributed by atoms with van der Waals surface area (Å²) in [7, 11) is 1.97. The van der Waals surface area contributed by atoms with Crippen LogP contribution in [0.2, 0.25) is 0 Å². The molecule has 0 fully saturated rings. The Hall–Kier alpha value is -0.410. The van der Waals surface area contributed by atoms with Crippen LogP contribution in [-0.4, -0.2) is 13.1 Å². The van der Waals surface area contributed by atoms with E-state index in [-0.39, 0.29) is 5.82 Å². The first-order valence-electron chi connectivity index (χ1n) is 6.17. The topological polar surface area (TPSA) is 12.0 Å². The third kappa shape index (κ3) is 5.17. The van der Waals surface area contributed by atoms with Crippen LogP contribution >= 0.6 is 15.9 Å². The van der Waals surface area contributed by atoms with Crippen molar-refractivity contribution in [2.75, 3.05) is 7.05 Å². The highest BCUT2D eigenvalue weighted by molar-refractivity contribution is 9.10. The van der Waals surface area contributed by atoms with Gasteiger partial charge < -0.3 is 5.32 Å². The zero-order valence-electron chi connectivity index (χ0n) is 10.8. The quantitative estimate of drug-likeness (QED) is 0.832. The molecule has 0 amide bonds. The van der Waals surface area contributed by atoms with Gasteiger partial charge in [0.2, 0.25) is 0 Å². The Morgan fingerprint density at radius 2 is 2.06 bits per heavy atom. The molecule has 1 rings (SSSR count). The van der Waals surface area contributed by atoms with Gasteiger partial charge in [-0.2, -0.15) is 0 Å². The standard InChI is InChI=1S/C14H21BrFN/c1-4-10(2)5-14(17-3)8-11-6-12(15)9-13(16)7-11/h6-7,9-10,14,17H,4-5,8H2,1-3H3. The SMILES string of the molecule is CCC(C)CC(Cc1cc(F)cc(Br)c1)NC. The fourth-order valence-corrected chi connectivity index (χ4v) is 2.48. The third-order valence-electron chi connectivity index (χ3n) is 3.20. The summed E-state index contributed by atoms with van der Waals surface area (Å²) in [5.74, 6) is 0.525. The Balaban J connectivity index is 2.66. The predicted octanol–water partition coefficient (Wildman–Crippen LogP) is 4.15. The second-order valence-corrected chi connectivity index (χ2v) is 5.63. The number of benzene rings is 1. The van der Waals surface area contributed by atoms with E-state index in [0.29, 0.717) is 12.0 Å². The zero-order valence-corrected chi connectivity index (χ0v) is 12.3. The summed E-state index contributed by atoms with van der Waals surface area (Å²) in [6.07, 6.45) is 3.18. The Morgan fingerprint density at radius 3 is 2.59 bits per heavy atom. The molecule has 17 heavy (non-hydrogen) atoms. The number of likely N-dealkylation sites (N-methyl/N-ethyl adjacent to an activating group) is 1. The molecule has 2 atom stereocenters. The van der Waals surface area contributed by atoms with E-state index < -0.39 is 0 Å². The minimum Gasteiger partial charge on any atom is -0.317 e. The molecule has 0 aliphatic rings. The number of halogens is 2. The van der Waals surface area contributed by atoms with Gasteiger partial charge in [0.25, 0.3) is 0 Å². The van der Waals surface area contributed by atoms with Crippen LogP contribution < -0.4 is 5.32 Å². The van der Waals surface area contributed by atoms with Crippen molar-refractivity contribution in [3.05, 3.63) is 34.1 Å². The highest BCUT2D eigenvalue weighted by atomic mass is 79.9. The van der Waals surface area contributed by atoms with Crippen molar-refractivity contribution in [3.8, 4) is 0 Å². The van der Waals surface area contributed by atoms with E-state index >= 15 is 0 Å². The zero-order chi connectivity index (χ0) is 12.8. The van der Waals surface area contributed by atoms with Crippen molar-refractivity contribution in [3.63, 3.8) is 0 Å². The smallest absolute Gasteiger partial charge is 0.124 e. The molecule has 1 aromatic rings. The van der Waals surface area contributed by atoms with E-state index in [1.807, 2.05) is 13.1 Å². The van der Waals surface area contributed by atoms with Crippen molar-refractivity contribution in [2.45, 2.75) is 39.2 Å². The lowest BCUT2D eigenvalue weighted by atomic mass is 9.95. The predicted molar refractivity (Wildman–Crippen MR) is 74.7 cm³/mol. The molecule has 0 bridgehead atoms. The van der Waals surface area contributed by atoms with Crippen LogP contribution in [-0.2, 0) is 6.42 Å². The highest BCUT2D eigenvalue weighted by Crippen LogP contribution is 2.18. The van der Waals surface area contributed by atoms with Gasteiger partial charge in [0, 0.05) is 10.5 Å². The van der Waals surface area contributed by atoms with Gasteiger partial charge in [-0.25, -0.2) is 4.39 Å². The molecule has 0 aliphatic carbocycles. The van der Waals surface area contributed by atoms with E-state index in [1.54, 1.807) is 6.07 Å². The Kier molecular flexibility index (Phi) is 6.14. The van der Waals surface area contributed by atoms with Crippen LogP contribution in [0, 0.1) is 11.7 Å². The summed E-state index contributed by atoms with van der Waals surface area (Å²) in [5, 5.41) is 3.32. The molecule has 2 unspecified atom stereocenters. The number of rotatable bonds is 6. The molecule has 0 aliphatic heterocycles. The fourth-order valence-electron chi connectivity index (χ4n) is 1.97. The maximum atomic E-state index is 13.3. The van der Waals surface area contributed by atoms with Crippen LogP contribution in [0.1, 0.15) is 32.3 Å². The van der Waals surface area contributed by atoms with Gasteiger partial charge in [-0.3, -0.25) is 0 Å². The lowest BCUT2D eigenvalue weighted by molar-refractivity contribution is 0.410. The Labute approximate surface area is 112 Å². The minimum atomic E-state index is -0.173. The van der Waals surface area contributed by atoms with Crippen molar-refractivity contribution in [1.82, 2.24) is 5.32 Å². The Morgan fingerprint density at radius 1 is 1.35 bits per heavy atom. The fraction of sp³-hybridized carbons (Fsp3) is 0.571. The molecular weight excluding hydrogens is 281 g/mol. The normalized spacial score (nSPS) is 14.6. The molecule has 1 N–H and O–H groups in total. The van der Waals surface area contributed by atoms with Gasteiger partial charge in [-0.05, 0) is 49.6 Å². The van der Waals surface area contributed by atoms with E-state index in [0.717, 1.165) is 22.9 Å². The van der Waals surface area contributed by atoms with Crippen LogP contribution in [0.5, 0.6) is 0 Å². The number of nitrogens with one attached hydrogen (secondary N) is 1.